The molecule has 3 atom stereocenters. The molecule has 41 heavy (non-hydrogen) atoms. The van der Waals surface area contributed by atoms with Gasteiger partial charge in [-0.05, 0) is 65.1 Å². The van der Waals surface area contributed by atoms with Gasteiger partial charge in [0.2, 0.25) is 5.91 Å². The van der Waals surface area contributed by atoms with Crippen LogP contribution in [0.1, 0.15) is 93.5 Å². The van der Waals surface area contributed by atoms with Crippen LogP contribution in [-0.4, -0.2) is 65.7 Å². The number of hydrogen-bond acceptors (Lipinski definition) is 7. The summed E-state index contributed by atoms with van der Waals surface area (Å²) in [5.74, 6) is -0.839. The first-order chi connectivity index (χ1) is 19.5. The van der Waals surface area contributed by atoms with Gasteiger partial charge in [-0.1, -0.05) is 63.4 Å². The number of rotatable bonds is 16. The molecular weight excluding hydrogens is 517 g/mol. The molecule has 1 aliphatic rings. The fourth-order valence-corrected chi connectivity index (χ4v) is 5.22. The van der Waals surface area contributed by atoms with E-state index in [1.165, 1.54) is 25.0 Å². The van der Waals surface area contributed by atoms with Crippen molar-refractivity contribution in [1.82, 2.24) is 25.9 Å². The van der Waals surface area contributed by atoms with Crippen molar-refractivity contribution in [3.8, 4) is 0 Å². The molecule has 0 radical (unpaired) electrons. The van der Waals surface area contributed by atoms with E-state index in [0.717, 1.165) is 37.8 Å². The van der Waals surface area contributed by atoms with Gasteiger partial charge in [0.15, 0.2) is 0 Å². The summed E-state index contributed by atoms with van der Waals surface area (Å²) >= 11 is 0. The predicted molar refractivity (Wildman–Crippen MR) is 169 cm³/mol. The zero-order chi connectivity index (χ0) is 29.9. The van der Waals surface area contributed by atoms with Crippen molar-refractivity contribution in [2.45, 2.75) is 103 Å². The highest BCUT2D eigenvalue weighted by Gasteiger charge is 2.56. The number of carbonyl (C=O) groups is 2. The molecule has 1 fully saturated rings. The standard InChI is InChI=1S/C31H48BN5O4.3H2/c1-23(2)20-27(32-40-30(3,4)31(5,41-32)16-12-7-8-13-17-33-6)37-28(38)25(21-24-14-10-9-11-15-24)36-29(39)26-22-34-18-19-35-26;;;/h9-11,14-15,18-19,22-23,25,27,33H,7-8,12-13,16-17,20-21H2,1-6H3,(H,36,39)(H,37,38);3*1H/t25-,27?,31?;;;/m0.../s1. The number of amides is 2. The first-order valence-electron chi connectivity index (χ1n) is 15.0. The van der Waals surface area contributed by atoms with Gasteiger partial charge in [-0.25, -0.2) is 4.98 Å². The summed E-state index contributed by atoms with van der Waals surface area (Å²) in [5, 5.41) is 9.26. The molecule has 2 heterocycles. The van der Waals surface area contributed by atoms with Crippen LogP contribution >= 0.6 is 0 Å². The number of aromatic nitrogens is 2. The molecule has 0 saturated carbocycles. The Morgan fingerprint density at radius 1 is 1.00 bits per heavy atom. The third-order valence-corrected chi connectivity index (χ3v) is 7.97. The Balaban J connectivity index is 0.00000616. The molecule has 2 aromatic rings. The van der Waals surface area contributed by atoms with E-state index in [9.17, 15) is 9.59 Å². The number of unbranched alkanes of at least 4 members (excludes halogenated alkanes) is 3. The summed E-state index contributed by atoms with van der Waals surface area (Å²) in [5.41, 5.74) is 0.0866. The van der Waals surface area contributed by atoms with Gasteiger partial charge in [0.1, 0.15) is 11.7 Å². The highest BCUT2D eigenvalue weighted by Crippen LogP contribution is 2.42. The van der Waals surface area contributed by atoms with Crippen molar-refractivity contribution in [2.75, 3.05) is 13.6 Å². The van der Waals surface area contributed by atoms with Crippen molar-refractivity contribution < 1.29 is 23.2 Å². The van der Waals surface area contributed by atoms with E-state index in [0.29, 0.717) is 12.8 Å². The number of hydrogen-bond donors (Lipinski definition) is 3. The third kappa shape index (κ3) is 9.62. The Kier molecular flexibility index (Phi) is 12.3. The average molecular weight is 572 g/mol. The molecule has 10 heteroatoms. The summed E-state index contributed by atoms with van der Waals surface area (Å²) in [7, 11) is 1.38. The lowest BCUT2D eigenvalue weighted by Gasteiger charge is -2.36. The van der Waals surface area contributed by atoms with Crippen LogP contribution in [0.15, 0.2) is 48.9 Å². The van der Waals surface area contributed by atoms with Gasteiger partial charge in [-0.2, -0.15) is 0 Å². The summed E-state index contributed by atoms with van der Waals surface area (Å²) < 4.78 is 13.2. The quantitative estimate of drug-likeness (QED) is 0.195. The van der Waals surface area contributed by atoms with Crippen molar-refractivity contribution in [2.24, 2.45) is 5.92 Å². The van der Waals surface area contributed by atoms with E-state index in [1.54, 1.807) is 0 Å². The molecule has 230 valence electrons. The lowest BCUT2D eigenvalue weighted by molar-refractivity contribution is -0.123. The highest BCUT2D eigenvalue weighted by atomic mass is 16.7. The lowest BCUT2D eigenvalue weighted by Crippen LogP contribution is -2.55. The molecule has 9 nitrogen and oxygen atoms in total. The maximum Gasteiger partial charge on any atom is 0.481 e. The van der Waals surface area contributed by atoms with E-state index >= 15 is 0 Å². The molecule has 0 bridgehead atoms. The normalized spacial score (nSPS) is 19.6. The number of nitrogens with one attached hydrogen (secondary N) is 3. The van der Waals surface area contributed by atoms with E-state index in [-0.39, 0.29) is 27.7 Å². The molecule has 0 spiro atoms. The SMILES string of the molecule is CNCCCCCCC1(C)OB(C(CC(C)C)NC(=O)[C@H](Cc2ccccc2)NC(=O)c2cnccn2)OC1(C)C.[HH].[HH].[HH]. The Labute approximate surface area is 250 Å². The summed E-state index contributed by atoms with van der Waals surface area (Å²) in [6.45, 7) is 11.5. The largest absolute Gasteiger partial charge is 0.481 e. The number of nitrogens with zero attached hydrogens (tertiary/aromatic N) is 2. The molecule has 1 aromatic carbocycles. The molecule has 3 N–H and O–H groups in total. The predicted octanol–water partition coefficient (Wildman–Crippen LogP) is 4.87. The Morgan fingerprint density at radius 3 is 2.39 bits per heavy atom. The second-order valence-corrected chi connectivity index (χ2v) is 12.2. The monoisotopic (exact) mass is 571 g/mol. The van der Waals surface area contributed by atoms with Gasteiger partial charge < -0.3 is 25.3 Å². The van der Waals surface area contributed by atoms with E-state index in [1.807, 2.05) is 37.4 Å². The van der Waals surface area contributed by atoms with Gasteiger partial charge in [0.05, 0.1) is 23.3 Å². The Bertz CT molecular complexity index is 1100. The topological polar surface area (TPSA) is 114 Å². The summed E-state index contributed by atoms with van der Waals surface area (Å²) in [6.07, 6.45) is 10.8. The van der Waals surface area contributed by atoms with Crippen molar-refractivity contribution in [3.63, 3.8) is 0 Å². The van der Waals surface area contributed by atoms with Crippen LogP contribution in [0.25, 0.3) is 0 Å². The Hall–Kier alpha value is -2.82. The molecule has 1 aromatic heterocycles. The smallest absolute Gasteiger partial charge is 0.402 e. The molecule has 2 amide bonds. The minimum atomic E-state index is -0.819. The fraction of sp³-hybridized carbons (Fsp3) is 0.613. The number of benzene rings is 1. The first-order valence-corrected chi connectivity index (χ1v) is 15.0. The molecule has 1 aliphatic heterocycles. The van der Waals surface area contributed by atoms with Crippen LogP contribution in [0, 0.1) is 5.92 Å². The van der Waals surface area contributed by atoms with E-state index in [4.69, 9.17) is 9.31 Å². The maximum absolute atomic E-state index is 13.8. The van der Waals surface area contributed by atoms with Crippen LogP contribution in [-0.2, 0) is 20.5 Å². The zero-order valence-electron chi connectivity index (χ0n) is 25.6. The van der Waals surface area contributed by atoms with Gasteiger partial charge in [-0.3, -0.25) is 14.6 Å². The maximum atomic E-state index is 13.8. The molecule has 2 unspecified atom stereocenters. The van der Waals surface area contributed by atoms with Crippen molar-refractivity contribution >= 4 is 18.9 Å². The minimum absolute atomic E-state index is 0. The van der Waals surface area contributed by atoms with Gasteiger partial charge >= 0.3 is 7.12 Å². The fourth-order valence-electron chi connectivity index (χ4n) is 5.22. The Morgan fingerprint density at radius 2 is 1.73 bits per heavy atom. The molecular formula is C31H54BN5O4. The third-order valence-electron chi connectivity index (χ3n) is 7.97. The summed E-state index contributed by atoms with van der Waals surface area (Å²) in [4.78, 5) is 34.9. The second kappa shape index (κ2) is 15.4. The molecule has 3 rings (SSSR count). The van der Waals surface area contributed by atoms with Crippen LogP contribution in [0.3, 0.4) is 0 Å². The zero-order valence-corrected chi connectivity index (χ0v) is 25.6. The van der Waals surface area contributed by atoms with Gasteiger partial charge in [0, 0.05) is 23.1 Å². The minimum Gasteiger partial charge on any atom is -0.402 e. The lowest BCUT2D eigenvalue weighted by atomic mass is 9.73. The highest BCUT2D eigenvalue weighted by molar-refractivity contribution is 6.48. The van der Waals surface area contributed by atoms with Crippen LogP contribution in [0.4, 0.5) is 0 Å². The van der Waals surface area contributed by atoms with E-state index < -0.39 is 30.3 Å². The van der Waals surface area contributed by atoms with E-state index in [2.05, 4.69) is 60.5 Å². The van der Waals surface area contributed by atoms with Crippen LogP contribution < -0.4 is 16.0 Å². The van der Waals surface area contributed by atoms with Crippen LogP contribution in [0.5, 0.6) is 0 Å². The van der Waals surface area contributed by atoms with Gasteiger partial charge in [-0.15, -0.1) is 0 Å². The van der Waals surface area contributed by atoms with Crippen molar-refractivity contribution in [3.05, 3.63) is 60.2 Å². The molecule has 0 aliphatic carbocycles. The summed E-state index contributed by atoms with van der Waals surface area (Å²) in [6, 6.07) is 8.82. The molecule has 1 saturated heterocycles. The van der Waals surface area contributed by atoms with Crippen LogP contribution in [0.2, 0.25) is 0 Å². The first kappa shape index (κ1) is 32.7. The second-order valence-electron chi connectivity index (χ2n) is 12.2. The number of carbonyl (C=O) groups excluding carboxylic acids is 2. The van der Waals surface area contributed by atoms with Crippen molar-refractivity contribution in [1.29, 1.82) is 0 Å². The average Bonchev–Trinajstić information content (AvgIpc) is 3.18. The van der Waals surface area contributed by atoms with Gasteiger partial charge in [0.25, 0.3) is 5.91 Å².